The van der Waals surface area contributed by atoms with Gasteiger partial charge in [0.05, 0.1) is 0 Å². The fourth-order valence-electron chi connectivity index (χ4n) is 0.862. The van der Waals surface area contributed by atoms with Gasteiger partial charge in [0.25, 0.3) is 0 Å². The molecule has 0 aliphatic carbocycles. The Morgan fingerprint density at radius 2 is 1.26 bits per heavy atom. The molecule has 0 unspecified atom stereocenters. The van der Waals surface area contributed by atoms with Crippen molar-refractivity contribution in [3.05, 3.63) is 12.2 Å². The molecule has 0 saturated heterocycles. The third kappa shape index (κ3) is 2.95. The van der Waals surface area contributed by atoms with Crippen LogP contribution in [0.15, 0.2) is 12.2 Å². The lowest BCUT2D eigenvalue weighted by atomic mass is 9.98. The molecule has 0 fully saturated rings. The lowest BCUT2D eigenvalue weighted by molar-refractivity contribution is -0.395. The molecule has 0 amide bonds. The van der Waals surface area contributed by atoms with E-state index in [4.69, 9.17) is 5.11 Å². The quantitative estimate of drug-likeness (QED) is 0.623. The smallest absolute Gasteiger partial charge is 0.460 e. The molecular formula is C8H5F9O2. The second-order valence-electron chi connectivity index (χ2n) is 3.44. The van der Waals surface area contributed by atoms with Crippen LogP contribution in [-0.4, -0.2) is 35.0 Å². The maximum Gasteiger partial charge on any atom is 0.460 e. The lowest BCUT2D eigenvalue weighted by Gasteiger charge is -2.33. The van der Waals surface area contributed by atoms with Gasteiger partial charge in [-0.1, -0.05) is 6.58 Å². The van der Waals surface area contributed by atoms with E-state index in [1.54, 1.807) is 0 Å². The van der Waals surface area contributed by atoms with Gasteiger partial charge in [0.15, 0.2) is 0 Å². The van der Waals surface area contributed by atoms with E-state index in [1.807, 2.05) is 0 Å². The van der Waals surface area contributed by atoms with Crippen molar-refractivity contribution in [1.29, 1.82) is 0 Å². The number of halogens is 9. The second-order valence-corrected chi connectivity index (χ2v) is 3.44. The number of hydrogen-bond donors (Lipinski definition) is 1. The Bertz CT molecular complexity index is 382. The molecule has 0 aliphatic rings. The van der Waals surface area contributed by atoms with Gasteiger partial charge < -0.3 is 5.11 Å². The molecule has 0 saturated carbocycles. The molecule has 0 rings (SSSR count). The molecule has 1 N–H and O–H groups in total. The van der Waals surface area contributed by atoms with Gasteiger partial charge in [-0.15, -0.1) is 0 Å². The molecule has 0 aliphatic heterocycles. The molecule has 0 aromatic heterocycles. The standard InChI is InChI=1S/C8H5F9O2/c1-3(4(18)19)2-5(9,10)6(11,12)7(13,14)8(15,16)17/h1-2H2,(H,18,19). The molecule has 0 heterocycles. The summed E-state index contributed by atoms with van der Waals surface area (Å²) >= 11 is 0. The third-order valence-corrected chi connectivity index (χ3v) is 1.95. The van der Waals surface area contributed by atoms with Crippen LogP contribution in [0.3, 0.4) is 0 Å². The van der Waals surface area contributed by atoms with Crippen LogP contribution in [0.2, 0.25) is 0 Å². The van der Waals surface area contributed by atoms with Crippen molar-refractivity contribution in [1.82, 2.24) is 0 Å². The summed E-state index contributed by atoms with van der Waals surface area (Å²) < 4.78 is 110. The van der Waals surface area contributed by atoms with Crippen LogP contribution in [0, 0.1) is 0 Å². The highest BCUT2D eigenvalue weighted by atomic mass is 19.4. The number of carboxylic acid groups (broad SMARTS) is 1. The highest BCUT2D eigenvalue weighted by molar-refractivity contribution is 5.85. The second kappa shape index (κ2) is 4.60. The van der Waals surface area contributed by atoms with E-state index in [0.717, 1.165) is 0 Å². The van der Waals surface area contributed by atoms with Crippen molar-refractivity contribution in [2.24, 2.45) is 0 Å². The van der Waals surface area contributed by atoms with Crippen molar-refractivity contribution in [2.45, 2.75) is 30.4 Å². The van der Waals surface area contributed by atoms with Gasteiger partial charge in [-0.05, 0) is 0 Å². The summed E-state index contributed by atoms with van der Waals surface area (Å²) in [5, 5.41) is 8.09. The van der Waals surface area contributed by atoms with Crippen molar-refractivity contribution in [2.75, 3.05) is 0 Å². The fourth-order valence-corrected chi connectivity index (χ4v) is 0.862. The molecule has 19 heavy (non-hydrogen) atoms. The Labute approximate surface area is 99.0 Å². The minimum absolute atomic E-state index is 1.64. The highest BCUT2D eigenvalue weighted by Gasteiger charge is 2.81. The first-order valence-electron chi connectivity index (χ1n) is 4.19. The van der Waals surface area contributed by atoms with Gasteiger partial charge in [-0.3, -0.25) is 0 Å². The van der Waals surface area contributed by atoms with E-state index < -0.39 is 41.9 Å². The zero-order chi connectivity index (χ0) is 15.9. The summed E-state index contributed by atoms with van der Waals surface area (Å²) in [7, 11) is 0. The molecule has 0 aromatic carbocycles. The van der Waals surface area contributed by atoms with Gasteiger partial charge in [0.1, 0.15) is 0 Å². The number of alkyl halides is 9. The normalized spacial score (nSPS) is 14.4. The molecule has 0 atom stereocenters. The number of aliphatic carboxylic acids is 1. The van der Waals surface area contributed by atoms with Crippen LogP contribution >= 0.6 is 0 Å². The Kier molecular flexibility index (Phi) is 4.26. The molecule has 0 bridgehead atoms. The topological polar surface area (TPSA) is 37.3 Å². The van der Waals surface area contributed by atoms with Crippen LogP contribution in [0.1, 0.15) is 6.42 Å². The van der Waals surface area contributed by atoms with E-state index >= 15 is 0 Å². The maximum absolute atomic E-state index is 12.8. The molecule has 0 aromatic rings. The van der Waals surface area contributed by atoms with Crippen LogP contribution < -0.4 is 0 Å². The van der Waals surface area contributed by atoms with Gasteiger partial charge in [-0.2, -0.15) is 39.5 Å². The first-order chi connectivity index (χ1) is 8.08. The predicted octanol–water partition coefficient (Wildman–Crippen LogP) is 3.49. The molecule has 11 heteroatoms. The van der Waals surface area contributed by atoms with E-state index in [1.165, 1.54) is 0 Å². The minimum atomic E-state index is -7.03. The average Bonchev–Trinajstić information content (AvgIpc) is 2.14. The first kappa shape index (κ1) is 17.6. The molecule has 0 radical (unpaired) electrons. The van der Waals surface area contributed by atoms with Crippen molar-refractivity contribution >= 4 is 5.97 Å². The number of rotatable bonds is 5. The van der Waals surface area contributed by atoms with Crippen LogP contribution in [0.25, 0.3) is 0 Å². The van der Waals surface area contributed by atoms with Gasteiger partial charge in [-0.25, -0.2) is 4.79 Å². The summed E-state index contributed by atoms with van der Waals surface area (Å²) in [5.74, 6) is -22.0. The van der Waals surface area contributed by atoms with Gasteiger partial charge in [0, 0.05) is 12.0 Å². The molecule has 112 valence electrons. The fraction of sp³-hybridized carbons (Fsp3) is 0.625. The SMILES string of the molecule is C=C(CC(F)(F)C(F)(F)C(F)(F)C(F)(F)F)C(=O)O. The Morgan fingerprint density at radius 3 is 1.53 bits per heavy atom. The molecule has 2 nitrogen and oxygen atoms in total. The summed E-state index contributed by atoms with van der Waals surface area (Å²) in [5.41, 5.74) is -1.64. The summed E-state index contributed by atoms with van der Waals surface area (Å²) in [6.45, 7) is 2.36. The first-order valence-corrected chi connectivity index (χ1v) is 4.19. The predicted molar refractivity (Wildman–Crippen MR) is 42.3 cm³/mol. The van der Waals surface area contributed by atoms with E-state index in [-0.39, 0.29) is 0 Å². The van der Waals surface area contributed by atoms with E-state index in [0.29, 0.717) is 0 Å². The largest absolute Gasteiger partial charge is 0.478 e. The maximum atomic E-state index is 12.8. The monoisotopic (exact) mass is 304 g/mol. The Hall–Kier alpha value is -1.42. The number of hydrogen-bond acceptors (Lipinski definition) is 1. The Balaban J connectivity index is 5.52. The molecular weight excluding hydrogens is 299 g/mol. The van der Waals surface area contributed by atoms with Crippen LogP contribution in [0.4, 0.5) is 39.5 Å². The molecule has 0 spiro atoms. The Morgan fingerprint density at radius 1 is 0.895 bits per heavy atom. The summed E-state index contributed by atoms with van der Waals surface area (Å²) in [6, 6.07) is 0. The summed E-state index contributed by atoms with van der Waals surface area (Å²) in [4.78, 5) is 10.1. The average molecular weight is 304 g/mol. The number of carboxylic acids is 1. The number of carbonyl (C=O) groups is 1. The van der Waals surface area contributed by atoms with E-state index in [2.05, 4.69) is 6.58 Å². The van der Waals surface area contributed by atoms with Crippen LogP contribution in [-0.2, 0) is 4.79 Å². The zero-order valence-corrected chi connectivity index (χ0v) is 8.67. The third-order valence-electron chi connectivity index (χ3n) is 1.95. The minimum Gasteiger partial charge on any atom is -0.478 e. The van der Waals surface area contributed by atoms with Crippen molar-refractivity contribution < 1.29 is 49.4 Å². The van der Waals surface area contributed by atoms with Gasteiger partial charge >= 0.3 is 29.9 Å². The highest BCUT2D eigenvalue weighted by Crippen LogP contribution is 2.54. The lowest BCUT2D eigenvalue weighted by Crippen LogP contribution is -2.61. The van der Waals surface area contributed by atoms with Crippen LogP contribution in [0.5, 0.6) is 0 Å². The van der Waals surface area contributed by atoms with Crippen molar-refractivity contribution in [3.63, 3.8) is 0 Å². The van der Waals surface area contributed by atoms with Gasteiger partial charge in [0.2, 0.25) is 0 Å². The van der Waals surface area contributed by atoms with E-state index in [9.17, 15) is 44.3 Å². The summed E-state index contributed by atoms with van der Waals surface area (Å²) in [6.07, 6.45) is -9.48. The van der Waals surface area contributed by atoms with Crippen molar-refractivity contribution in [3.8, 4) is 0 Å². The zero-order valence-electron chi connectivity index (χ0n) is 8.67.